The monoisotopic (exact) mass is 505 g/mol. The molecule has 0 radical (unpaired) electrons. The Kier molecular flexibility index (Phi) is 7.48. The Balaban J connectivity index is 1.85. The van der Waals surface area contributed by atoms with Gasteiger partial charge in [0, 0.05) is 48.8 Å². The molecule has 12 heteroatoms. The van der Waals surface area contributed by atoms with Crippen molar-refractivity contribution < 1.29 is 28.6 Å². The number of imidazole rings is 1. The first-order valence-corrected chi connectivity index (χ1v) is 11.4. The van der Waals surface area contributed by atoms with Crippen LogP contribution >= 0.6 is 11.6 Å². The van der Waals surface area contributed by atoms with Crippen LogP contribution in [0.25, 0.3) is 0 Å². The number of hydrogen-bond acceptors (Lipinski definition) is 8. The number of ether oxygens (including phenoxy) is 2. The van der Waals surface area contributed by atoms with Crippen LogP contribution in [0, 0.1) is 5.82 Å². The number of hydrogen-bond donors (Lipinski definition) is 2. The number of morpholine rings is 1. The molecule has 2 atom stereocenters. The van der Waals surface area contributed by atoms with E-state index in [4.69, 9.17) is 26.1 Å². The van der Waals surface area contributed by atoms with Gasteiger partial charge in [-0.25, -0.2) is 14.2 Å². The van der Waals surface area contributed by atoms with E-state index in [1.165, 1.54) is 12.1 Å². The highest BCUT2D eigenvalue weighted by molar-refractivity contribution is 6.31. The van der Waals surface area contributed by atoms with Crippen molar-refractivity contribution in [3.8, 4) is 0 Å². The lowest BCUT2D eigenvalue weighted by Gasteiger charge is -2.35. The standard InChI is InChI=1S/C23H25ClFN5O5/c1-3-35-23(33)18-16(11-30-8-9-34-12-17(30)22(31)32)27-20(21-26-6-7-29(21)2)28-19(18)14-5-4-13(25)10-15(14)24/h4-7,10,17,19H,3,8-9,11-12H2,1-2H3,(H,27,28)(H,31,32). The van der Waals surface area contributed by atoms with Crippen LogP contribution in [-0.4, -0.2) is 76.3 Å². The number of carbonyl (C=O) groups excluding carboxylic acids is 1. The summed E-state index contributed by atoms with van der Waals surface area (Å²) in [5, 5.41) is 13.0. The fraction of sp³-hybridized carbons (Fsp3) is 0.391. The normalized spacial score (nSPS) is 20.9. The number of esters is 1. The summed E-state index contributed by atoms with van der Waals surface area (Å²) in [7, 11) is 1.79. The van der Waals surface area contributed by atoms with Gasteiger partial charge in [0.1, 0.15) is 17.9 Å². The third kappa shape index (κ3) is 5.21. The van der Waals surface area contributed by atoms with Gasteiger partial charge in [0.05, 0.1) is 25.4 Å². The molecule has 1 saturated heterocycles. The number of aliphatic imine (C=N–C) groups is 1. The molecule has 35 heavy (non-hydrogen) atoms. The zero-order valence-corrected chi connectivity index (χ0v) is 20.0. The number of carboxylic acids is 1. The van der Waals surface area contributed by atoms with E-state index < -0.39 is 29.8 Å². The minimum atomic E-state index is -1.03. The van der Waals surface area contributed by atoms with Crippen molar-refractivity contribution >= 4 is 29.4 Å². The summed E-state index contributed by atoms with van der Waals surface area (Å²) in [6, 6.07) is 2.03. The molecule has 2 unspecified atom stereocenters. The number of aromatic nitrogens is 2. The smallest absolute Gasteiger partial charge is 0.338 e. The third-order valence-electron chi connectivity index (χ3n) is 5.80. The van der Waals surface area contributed by atoms with E-state index in [2.05, 4.69) is 10.3 Å². The second-order valence-electron chi connectivity index (χ2n) is 8.04. The molecule has 2 N–H and O–H groups in total. The predicted molar refractivity (Wildman–Crippen MR) is 125 cm³/mol. The summed E-state index contributed by atoms with van der Waals surface area (Å²) >= 11 is 6.39. The topological polar surface area (TPSA) is 118 Å². The average Bonchev–Trinajstić information content (AvgIpc) is 3.25. The molecule has 10 nitrogen and oxygen atoms in total. The van der Waals surface area contributed by atoms with E-state index in [0.29, 0.717) is 36.1 Å². The first-order chi connectivity index (χ1) is 16.8. The van der Waals surface area contributed by atoms with Crippen LogP contribution < -0.4 is 5.32 Å². The van der Waals surface area contributed by atoms with Crippen LogP contribution in [0.15, 0.2) is 46.9 Å². The molecular formula is C23H25ClFN5O5. The molecule has 2 aliphatic rings. The van der Waals surface area contributed by atoms with Gasteiger partial charge in [-0.1, -0.05) is 17.7 Å². The summed E-state index contributed by atoms with van der Waals surface area (Å²) in [4.78, 5) is 35.8. The molecule has 0 amide bonds. The highest BCUT2D eigenvalue weighted by Gasteiger charge is 2.37. The van der Waals surface area contributed by atoms with Crippen molar-refractivity contribution in [3.05, 3.63) is 64.1 Å². The van der Waals surface area contributed by atoms with Gasteiger partial charge in [0.15, 0.2) is 11.7 Å². The molecule has 1 aromatic carbocycles. The molecule has 4 rings (SSSR count). The molecule has 0 spiro atoms. The number of benzene rings is 1. The van der Waals surface area contributed by atoms with E-state index in [1.807, 2.05) is 0 Å². The maximum Gasteiger partial charge on any atom is 0.338 e. The average molecular weight is 506 g/mol. The third-order valence-corrected chi connectivity index (χ3v) is 6.12. The van der Waals surface area contributed by atoms with Crippen molar-refractivity contribution in [3.63, 3.8) is 0 Å². The summed E-state index contributed by atoms with van der Waals surface area (Å²) in [5.74, 6) is -1.35. The SMILES string of the molecule is CCOC(=O)C1=C(CN2CCOCC2C(=O)O)NC(c2nccn2C)=NC1c1ccc(F)cc1Cl. The Hall–Kier alpha value is -3.28. The first-order valence-electron chi connectivity index (χ1n) is 11.0. The minimum absolute atomic E-state index is 0.0187. The lowest BCUT2D eigenvalue weighted by molar-refractivity contribution is -0.149. The Morgan fingerprint density at radius 1 is 1.40 bits per heavy atom. The Morgan fingerprint density at radius 3 is 2.86 bits per heavy atom. The van der Waals surface area contributed by atoms with Gasteiger partial charge in [-0.2, -0.15) is 0 Å². The zero-order valence-electron chi connectivity index (χ0n) is 19.2. The molecular weight excluding hydrogens is 481 g/mol. The van der Waals surface area contributed by atoms with Gasteiger partial charge >= 0.3 is 11.9 Å². The molecule has 2 aliphatic heterocycles. The van der Waals surface area contributed by atoms with Crippen LogP contribution in [0.4, 0.5) is 4.39 Å². The molecule has 3 heterocycles. The van der Waals surface area contributed by atoms with Crippen LogP contribution in [-0.2, 0) is 26.1 Å². The number of rotatable bonds is 7. The Morgan fingerprint density at radius 2 is 2.20 bits per heavy atom. The summed E-state index contributed by atoms with van der Waals surface area (Å²) in [6.45, 7) is 2.58. The molecule has 0 bridgehead atoms. The summed E-state index contributed by atoms with van der Waals surface area (Å²) in [5.41, 5.74) is 0.961. The number of aryl methyl sites for hydroxylation is 1. The summed E-state index contributed by atoms with van der Waals surface area (Å²) in [6.07, 6.45) is 3.35. The van der Waals surface area contributed by atoms with E-state index in [1.54, 1.807) is 35.8 Å². The number of nitrogens with zero attached hydrogens (tertiary/aromatic N) is 4. The Labute approximate surface area is 206 Å². The highest BCUT2D eigenvalue weighted by atomic mass is 35.5. The highest BCUT2D eigenvalue weighted by Crippen LogP contribution is 2.36. The maximum absolute atomic E-state index is 13.8. The molecule has 0 aliphatic carbocycles. The van der Waals surface area contributed by atoms with Gasteiger partial charge in [-0.05, 0) is 19.1 Å². The minimum Gasteiger partial charge on any atom is -0.480 e. The largest absolute Gasteiger partial charge is 0.480 e. The van der Waals surface area contributed by atoms with E-state index in [-0.39, 0.29) is 30.4 Å². The molecule has 1 fully saturated rings. The number of amidine groups is 1. The van der Waals surface area contributed by atoms with Crippen molar-refractivity contribution in [1.29, 1.82) is 0 Å². The van der Waals surface area contributed by atoms with E-state index in [9.17, 15) is 19.1 Å². The Bertz CT molecular complexity index is 1200. The second kappa shape index (κ2) is 10.5. The fourth-order valence-corrected chi connectivity index (χ4v) is 4.35. The van der Waals surface area contributed by atoms with Gasteiger partial charge in [-0.15, -0.1) is 0 Å². The van der Waals surface area contributed by atoms with Crippen LogP contribution in [0.1, 0.15) is 24.4 Å². The van der Waals surface area contributed by atoms with Crippen LogP contribution in [0.5, 0.6) is 0 Å². The summed E-state index contributed by atoms with van der Waals surface area (Å²) < 4.78 is 26.3. The lowest BCUT2D eigenvalue weighted by Crippen LogP contribution is -2.52. The predicted octanol–water partition coefficient (Wildman–Crippen LogP) is 1.91. The number of halogens is 2. The van der Waals surface area contributed by atoms with Crippen molar-refractivity contribution in [2.45, 2.75) is 19.0 Å². The quantitative estimate of drug-likeness (QED) is 0.548. The molecule has 2 aromatic rings. The molecule has 0 saturated carbocycles. The van der Waals surface area contributed by atoms with Gasteiger partial charge in [0.25, 0.3) is 0 Å². The van der Waals surface area contributed by atoms with Crippen molar-refractivity contribution in [2.75, 3.05) is 32.9 Å². The van der Waals surface area contributed by atoms with Gasteiger partial charge in [-0.3, -0.25) is 14.7 Å². The maximum atomic E-state index is 13.8. The van der Waals surface area contributed by atoms with Crippen LogP contribution in [0.3, 0.4) is 0 Å². The van der Waals surface area contributed by atoms with Crippen molar-refractivity contribution in [2.24, 2.45) is 12.0 Å². The second-order valence-corrected chi connectivity index (χ2v) is 8.45. The lowest BCUT2D eigenvalue weighted by atomic mass is 9.94. The van der Waals surface area contributed by atoms with E-state index >= 15 is 0 Å². The molecule has 1 aromatic heterocycles. The first kappa shape index (κ1) is 24.8. The number of carboxylic acid groups (broad SMARTS) is 1. The fourth-order valence-electron chi connectivity index (χ4n) is 4.08. The number of carbonyl (C=O) groups is 2. The van der Waals surface area contributed by atoms with E-state index in [0.717, 1.165) is 6.07 Å². The number of aliphatic carboxylic acids is 1. The molecule has 186 valence electrons. The van der Waals surface area contributed by atoms with Gasteiger partial charge in [0.2, 0.25) is 0 Å². The number of nitrogens with one attached hydrogen (secondary N) is 1. The zero-order chi connectivity index (χ0) is 25.1. The van der Waals surface area contributed by atoms with Crippen molar-refractivity contribution in [1.82, 2.24) is 19.8 Å². The van der Waals surface area contributed by atoms with Gasteiger partial charge < -0.3 is 24.5 Å². The van der Waals surface area contributed by atoms with Crippen LogP contribution in [0.2, 0.25) is 5.02 Å².